The highest BCUT2D eigenvalue weighted by atomic mass is 32.2. The van der Waals surface area contributed by atoms with Crippen LogP contribution in [0.5, 0.6) is 0 Å². The molecule has 0 saturated heterocycles. The predicted molar refractivity (Wildman–Crippen MR) is 105 cm³/mol. The van der Waals surface area contributed by atoms with Gasteiger partial charge in [-0.2, -0.15) is 4.68 Å². The second kappa shape index (κ2) is 7.75. The van der Waals surface area contributed by atoms with Crippen molar-refractivity contribution < 1.29 is 4.42 Å². The third-order valence-electron chi connectivity index (χ3n) is 4.18. The van der Waals surface area contributed by atoms with Gasteiger partial charge in [0, 0.05) is 5.56 Å². The second-order valence-corrected chi connectivity index (χ2v) is 7.33. The zero-order valence-electron chi connectivity index (χ0n) is 15.1. The molecule has 0 bridgehead atoms. The Bertz CT molecular complexity index is 1010. The first kappa shape index (κ1) is 17.5. The maximum atomic E-state index is 5.85. The molecule has 27 heavy (non-hydrogen) atoms. The lowest BCUT2D eigenvalue weighted by atomic mass is 10.0. The third-order valence-corrected chi connectivity index (χ3v) is 5.09. The first-order valence-electron chi connectivity index (χ1n) is 8.72. The van der Waals surface area contributed by atoms with Crippen LogP contribution in [0.4, 0.5) is 0 Å². The van der Waals surface area contributed by atoms with Gasteiger partial charge in [-0.25, -0.2) is 4.98 Å². The van der Waals surface area contributed by atoms with Gasteiger partial charge in [0.1, 0.15) is 0 Å². The van der Waals surface area contributed by atoms with Gasteiger partial charge >= 0.3 is 0 Å². The standard InChI is InChI=1S/C20H19N5OS/c1-14(2)15-8-10-17(11-9-15)25-20(22-23-24-25)27-13-19-21-12-18(26-19)16-6-4-3-5-7-16/h3-12,14H,13H2,1-2H3. The van der Waals surface area contributed by atoms with E-state index in [0.717, 1.165) is 17.0 Å². The Morgan fingerprint density at radius 1 is 1.04 bits per heavy atom. The van der Waals surface area contributed by atoms with Crippen LogP contribution in [0.1, 0.15) is 31.2 Å². The van der Waals surface area contributed by atoms with Gasteiger partial charge in [0.2, 0.25) is 11.0 Å². The lowest BCUT2D eigenvalue weighted by molar-refractivity contribution is 0.529. The van der Waals surface area contributed by atoms with E-state index in [0.29, 0.717) is 22.7 Å². The van der Waals surface area contributed by atoms with Crippen LogP contribution in [0.2, 0.25) is 0 Å². The van der Waals surface area contributed by atoms with Crippen molar-refractivity contribution in [2.24, 2.45) is 0 Å². The summed E-state index contributed by atoms with van der Waals surface area (Å²) in [6.45, 7) is 4.35. The maximum Gasteiger partial charge on any atom is 0.214 e. The summed E-state index contributed by atoms with van der Waals surface area (Å²) in [6.07, 6.45) is 1.75. The van der Waals surface area contributed by atoms with Crippen LogP contribution in [0, 0.1) is 0 Å². The van der Waals surface area contributed by atoms with Crippen molar-refractivity contribution in [1.82, 2.24) is 25.2 Å². The fourth-order valence-electron chi connectivity index (χ4n) is 2.67. The fourth-order valence-corrected chi connectivity index (χ4v) is 3.42. The van der Waals surface area contributed by atoms with Crippen molar-refractivity contribution >= 4 is 11.8 Å². The Balaban J connectivity index is 1.47. The topological polar surface area (TPSA) is 69.6 Å². The normalized spacial score (nSPS) is 11.2. The Morgan fingerprint density at radius 2 is 1.81 bits per heavy atom. The van der Waals surface area contributed by atoms with Crippen molar-refractivity contribution in [3.05, 3.63) is 72.2 Å². The molecule has 4 aromatic rings. The van der Waals surface area contributed by atoms with Crippen molar-refractivity contribution in [2.45, 2.75) is 30.7 Å². The number of tetrazole rings is 1. The van der Waals surface area contributed by atoms with Gasteiger partial charge in [0.25, 0.3) is 0 Å². The number of aromatic nitrogens is 5. The summed E-state index contributed by atoms with van der Waals surface area (Å²) < 4.78 is 7.58. The number of hydrogen-bond acceptors (Lipinski definition) is 6. The van der Waals surface area contributed by atoms with Crippen molar-refractivity contribution in [3.63, 3.8) is 0 Å². The van der Waals surface area contributed by atoms with Crippen LogP contribution in [-0.4, -0.2) is 25.2 Å². The Hall–Kier alpha value is -2.93. The van der Waals surface area contributed by atoms with Crippen LogP contribution < -0.4 is 0 Å². The molecule has 7 heteroatoms. The Morgan fingerprint density at radius 3 is 2.56 bits per heavy atom. The van der Waals surface area contributed by atoms with E-state index in [-0.39, 0.29) is 0 Å². The van der Waals surface area contributed by atoms with E-state index in [4.69, 9.17) is 4.42 Å². The summed E-state index contributed by atoms with van der Waals surface area (Å²) in [4.78, 5) is 4.36. The zero-order chi connectivity index (χ0) is 18.6. The largest absolute Gasteiger partial charge is 0.440 e. The van der Waals surface area contributed by atoms with E-state index in [1.807, 2.05) is 42.5 Å². The molecule has 0 amide bonds. The lowest BCUT2D eigenvalue weighted by Crippen LogP contribution is -2.00. The number of hydrogen-bond donors (Lipinski definition) is 0. The quantitative estimate of drug-likeness (QED) is 0.452. The van der Waals surface area contributed by atoms with Crippen LogP contribution in [0.15, 0.2) is 70.4 Å². The van der Waals surface area contributed by atoms with Crippen LogP contribution >= 0.6 is 11.8 Å². The molecule has 2 aromatic heterocycles. The molecular formula is C20H19N5OS. The number of thioether (sulfide) groups is 1. The van der Waals surface area contributed by atoms with E-state index in [1.54, 1.807) is 10.9 Å². The Labute approximate surface area is 161 Å². The summed E-state index contributed by atoms with van der Waals surface area (Å²) in [5, 5.41) is 12.7. The number of oxazole rings is 1. The number of benzene rings is 2. The minimum Gasteiger partial charge on any atom is -0.440 e. The van der Waals surface area contributed by atoms with Crippen molar-refractivity contribution in [2.75, 3.05) is 0 Å². The zero-order valence-corrected chi connectivity index (χ0v) is 15.9. The highest BCUT2D eigenvalue weighted by molar-refractivity contribution is 7.98. The third kappa shape index (κ3) is 3.93. The first-order chi connectivity index (χ1) is 13.2. The molecular weight excluding hydrogens is 358 g/mol. The molecule has 2 aromatic carbocycles. The van der Waals surface area contributed by atoms with Crippen molar-refractivity contribution in [1.29, 1.82) is 0 Å². The van der Waals surface area contributed by atoms with Crippen molar-refractivity contribution in [3.8, 4) is 17.0 Å². The molecule has 4 rings (SSSR count). The van der Waals surface area contributed by atoms with Gasteiger partial charge in [-0.1, -0.05) is 68.1 Å². The molecule has 0 saturated carbocycles. The van der Waals surface area contributed by atoms with Gasteiger partial charge in [-0.15, -0.1) is 5.10 Å². The maximum absolute atomic E-state index is 5.85. The lowest BCUT2D eigenvalue weighted by Gasteiger charge is -2.07. The molecule has 2 heterocycles. The van der Waals surface area contributed by atoms with Crippen LogP contribution in [0.3, 0.4) is 0 Å². The molecule has 0 unspecified atom stereocenters. The number of nitrogens with zero attached hydrogens (tertiary/aromatic N) is 5. The van der Waals surface area contributed by atoms with E-state index < -0.39 is 0 Å². The molecule has 0 spiro atoms. The Kier molecular flexibility index (Phi) is 5.02. The predicted octanol–water partition coefficient (Wildman–Crippen LogP) is 4.73. The van der Waals surface area contributed by atoms with Gasteiger partial charge in [0.15, 0.2) is 5.76 Å². The second-order valence-electron chi connectivity index (χ2n) is 6.39. The molecule has 136 valence electrons. The minimum atomic E-state index is 0.491. The van der Waals surface area contributed by atoms with E-state index in [2.05, 4.69) is 46.5 Å². The van der Waals surface area contributed by atoms with Crippen LogP contribution in [0.25, 0.3) is 17.0 Å². The smallest absolute Gasteiger partial charge is 0.214 e. The molecule has 0 aliphatic carbocycles. The van der Waals surface area contributed by atoms with E-state index >= 15 is 0 Å². The molecule has 0 aliphatic heterocycles. The van der Waals surface area contributed by atoms with Crippen LogP contribution in [-0.2, 0) is 5.75 Å². The molecule has 0 aliphatic rings. The summed E-state index contributed by atoms with van der Waals surface area (Å²) in [5.41, 5.74) is 3.23. The van der Waals surface area contributed by atoms with E-state index in [9.17, 15) is 0 Å². The summed E-state index contributed by atoms with van der Waals surface area (Å²) >= 11 is 1.49. The molecule has 0 N–H and O–H groups in total. The monoisotopic (exact) mass is 377 g/mol. The average Bonchev–Trinajstić information content (AvgIpc) is 3.36. The minimum absolute atomic E-state index is 0.491. The average molecular weight is 377 g/mol. The summed E-state index contributed by atoms with van der Waals surface area (Å²) in [6, 6.07) is 18.2. The highest BCUT2D eigenvalue weighted by Gasteiger charge is 2.12. The van der Waals surface area contributed by atoms with E-state index in [1.165, 1.54) is 17.3 Å². The summed E-state index contributed by atoms with van der Waals surface area (Å²) in [5.74, 6) is 2.45. The number of rotatable bonds is 6. The summed E-state index contributed by atoms with van der Waals surface area (Å²) in [7, 11) is 0. The van der Waals surface area contributed by atoms with Gasteiger partial charge in [0.05, 0.1) is 17.6 Å². The first-order valence-corrected chi connectivity index (χ1v) is 9.71. The van der Waals surface area contributed by atoms with Gasteiger partial charge in [-0.3, -0.25) is 0 Å². The van der Waals surface area contributed by atoms with Gasteiger partial charge < -0.3 is 4.42 Å². The SMILES string of the molecule is CC(C)c1ccc(-n2nnnc2SCc2ncc(-c3ccccc3)o2)cc1. The molecule has 0 atom stereocenters. The molecule has 0 radical (unpaired) electrons. The fraction of sp³-hybridized carbons (Fsp3) is 0.200. The highest BCUT2D eigenvalue weighted by Crippen LogP contribution is 2.26. The molecule has 0 fully saturated rings. The van der Waals surface area contributed by atoms with Gasteiger partial charge in [-0.05, 0) is 34.0 Å². The molecule has 6 nitrogen and oxygen atoms in total.